The summed E-state index contributed by atoms with van der Waals surface area (Å²) in [4.78, 5) is 5.26. The zero-order valence-electron chi connectivity index (χ0n) is 26.2. The number of sulfonamides is 1. The molecule has 1 aliphatic rings. The highest BCUT2D eigenvalue weighted by molar-refractivity contribution is 7.89. The van der Waals surface area contributed by atoms with Crippen molar-refractivity contribution in [3.8, 4) is 34.5 Å². The van der Waals surface area contributed by atoms with Crippen LogP contribution >= 0.6 is 0 Å². The van der Waals surface area contributed by atoms with Crippen LogP contribution in [0, 0.1) is 6.92 Å². The molecule has 2 atom stereocenters. The lowest BCUT2D eigenvalue weighted by atomic mass is 9.93. The fourth-order valence-corrected chi connectivity index (χ4v) is 7.05. The molecule has 45 heavy (non-hydrogen) atoms. The SMILES string of the molecule is COc1ccc(C2=NC(c3ccc(OC)cc3OC)C(c3ccc(OC)cc3OC)N2S(=O)(=O)c2ccc(C)cc2)c(OC)c1. The van der Waals surface area contributed by atoms with Crippen LogP contribution in [0.3, 0.4) is 0 Å². The van der Waals surface area contributed by atoms with E-state index >= 15 is 0 Å². The number of hydrogen-bond acceptors (Lipinski definition) is 9. The van der Waals surface area contributed by atoms with Gasteiger partial charge in [0.05, 0.1) is 53.1 Å². The zero-order valence-corrected chi connectivity index (χ0v) is 27.0. The van der Waals surface area contributed by atoms with Gasteiger partial charge in [-0.1, -0.05) is 17.7 Å². The molecule has 0 aromatic heterocycles. The molecule has 0 N–H and O–H groups in total. The molecule has 4 aromatic rings. The first-order valence-electron chi connectivity index (χ1n) is 14.1. The summed E-state index contributed by atoms with van der Waals surface area (Å²) in [6.45, 7) is 1.90. The van der Waals surface area contributed by atoms with Crippen molar-refractivity contribution in [2.45, 2.75) is 23.9 Å². The Morgan fingerprint density at radius 3 is 1.62 bits per heavy atom. The van der Waals surface area contributed by atoms with Gasteiger partial charge in [0.1, 0.15) is 52.4 Å². The van der Waals surface area contributed by atoms with Crippen LogP contribution in [0.4, 0.5) is 0 Å². The number of hydrogen-bond donors (Lipinski definition) is 0. The van der Waals surface area contributed by atoms with E-state index in [1.165, 1.54) is 18.5 Å². The molecule has 2 unspecified atom stereocenters. The maximum Gasteiger partial charge on any atom is 0.266 e. The van der Waals surface area contributed by atoms with Gasteiger partial charge in [0.15, 0.2) is 0 Å². The minimum atomic E-state index is -4.24. The lowest BCUT2D eigenvalue weighted by molar-refractivity contribution is 0.357. The van der Waals surface area contributed by atoms with E-state index in [0.717, 1.165) is 5.56 Å². The molecule has 0 saturated carbocycles. The molecular formula is C34H36N2O8S. The van der Waals surface area contributed by atoms with Gasteiger partial charge in [0.2, 0.25) is 0 Å². The molecule has 0 spiro atoms. The molecule has 0 radical (unpaired) electrons. The molecule has 0 fully saturated rings. The van der Waals surface area contributed by atoms with Gasteiger partial charge >= 0.3 is 0 Å². The van der Waals surface area contributed by atoms with Crippen LogP contribution in [0.1, 0.15) is 34.3 Å². The quantitative estimate of drug-likeness (QED) is 0.199. The van der Waals surface area contributed by atoms with E-state index in [1.807, 2.05) is 13.0 Å². The summed E-state index contributed by atoms with van der Waals surface area (Å²) in [7, 11) is 5.03. The van der Waals surface area contributed by atoms with Crippen molar-refractivity contribution in [2.75, 3.05) is 42.7 Å². The van der Waals surface area contributed by atoms with E-state index in [4.69, 9.17) is 33.4 Å². The second-order valence-corrected chi connectivity index (χ2v) is 12.1. The van der Waals surface area contributed by atoms with Crippen LogP contribution in [0.2, 0.25) is 0 Å². The molecule has 1 heterocycles. The van der Waals surface area contributed by atoms with Crippen molar-refractivity contribution < 1.29 is 36.8 Å². The Morgan fingerprint density at radius 1 is 0.600 bits per heavy atom. The molecule has 0 amide bonds. The molecule has 5 rings (SSSR count). The molecule has 11 heteroatoms. The number of rotatable bonds is 11. The molecule has 4 aromatic carbocycles. The van der Waals surface area contributed by atoms with E-state index in [-0.39, 0.29) is 10.7 Å². The number of methoxy groups -OCH3 is 6. The first kappa shape index (κ1) is 31.5. The minimum Gasteiger partial charge on any atom is -0.497 e. The molecule has 0 saturated heterocycles. The second kappa shape index (κ2) is 13.0. The number of aliphatic imine (C=N–C) groups is 1. The van der Waals surface area contributed by atoms with Crippen LogP contribution in [0.15, 0.2) is 88.8 Å². The summed E-state index contributed by atoms with van der Waals surface area (Å²) in [6.07, 6.45) is 0. The number of amidine groups is 1. The number of benzene rings is 4. The van der Waals surface area contributed by atoms with E-state index < -0.39 is 22.1 Å². The molecule has 0 aliphatic carbocycles. The van der Waals surface area contributed by atoms with Crippen molar-refractivity contribution >= 4 is 15.9 Å². The topological polar surface area (TPSA) is 105 Å². The summed E-state index contributed by atoms with van der Waals surface area (Å²) in [5, 5.41) is 0. The zero-order chi connectivity index (χ0) is 32.3. The van der Waals surface area contributed by atoms with Crippen LogP contribution < -0.4 is 28.4 Å². The third-order valence-electron chi connectivity index (χ3n) is 7.77. The fraction of sp³-hybridized carbons (Fsp3) is 0.265. The molecule has 1 aliphatic heterocycles. The van der Waals surface area contributed by atoms with Gasteiger partial charge in [-0.05, 0) is 55.5 Å². The Morgan fingerprint density at radius 2 is 1.09 bits per heavy atom. The predicted molar refractivity (Wildman–Crippen MR) is 171 cm³/mol. The largest absolute Gasteiger partial charge is 0.497 e. The minimum absolute atomic E-state index is 0.105. The van der Waals surface area contributed by atoms with Crippen LogP contribution in [-0.4, -0.2) is 61.2 Å². The number of ether oxygens (including phenoxy) is 6. The summed E-state index contributed by atoms with van der Waals surface area (Å²) in [5.41, 5.74) is 2.60. The van der Waals surface area contributed by atoms with Crippen LogP contribution in [0.25, 0.3) is 0 Å². The monoisotopic (exact) mass is 632 g/mol. The van der Waals surface area contributed by atoms with Crippen LogP contribution in [0.5, 0.6) is 34.5 Å². The highest BCUT2D eigenvalue weighted by Crippen LogP contribution is 2.52. The highest BCUT2D eigenvalue weighted by Gasteiger charge is 2.48. The normalized spacial score (nSPS) is 16.2. The second-order valence-electron chi connectivity index (χ2n) is 10.2. The fourth-order valence-electron chi connectivity index (χ4n) is 5.44. The smallest absolute Gasteiger partial charge is 0.266 e. The predicted octanol–water partition coefficient (Wildman–Crippen LogP) is 5.98. The van der Waals surface area contributed by atoms with E-state index in [2.05, 4.69) is 0 Å². The standard InChI is InChI=1S/C34H36N2O8S/c1-21-8-13-25(14-9-21)45(37,38)36-33(27-16-11-23(40-3)19-30(27)43-6)32(26-15-10-22(39-2)18-29(26)42-5)35-34(36)28-17-12-24(41-4)20-31(28)44-7/h8-20,32-33H,1-7H3. The maximum absolute atomic E-state index is 14.9. The van der Waals surface area contributed by atoms with Crippen molar-refractivity contribution in [3.05, 3.63) is 101 Å². The van der Waals surface area contributed by atoms with Gasteiger partial charge in [-0.25, -0.2) is 12.7 Å². The summed E-state index contributed by atoms with van der Waals surface area (Å²) in [6, 6.07) is 20.9. The molecule has 10 nitrogen and oxygen atoms in total. The number of aryl methyl sites for hydroxylation is 1. The Kier molecular flexibility index (Phi) is 9.10. The first-order chi connectivity index (χ1) is 21.7. The molecule has 0 bridgehead atoms. The van der Waals surface area contributed by atoms with E-state index in [1.54, 1.807) is 101 Å². The van der Waals surface area contributed by atoms with Gasteiger partial charge in [-0.3, -0.25) is 4.99 Å². The van der Waals surface area contributed by atoms with E-state index in [9.17, 15) is 8.42 Å². The van der Waals surface area contributed by atoms with Gasteiger partial charge in [-0.2, -0.15) is 0 Å². The molecule has 236 valence electrons. The Bertz CT molecular complexity index is 1820. The summed E-state index contributed by atoms with van der Waals surface area (Å²) in [5.74, 6) is 3.16. The van der Waals surface area contributed by atoms with Crippen molar-refractivity contribution in [2.24, 2.45) is 4.99 Å². The number of nitrogens with zero attached hydrogens (tertiary/aromatic N) is 2. The van der Waals surface area contributed by atoms with Crippen molar-refractivity contribution in [1.82, 2.24) is 4.31 Å². The Labute approximate surface area is 263 Å². The Hall–Kier alpha value is -4.90. The average Bonchev–Trinajstić information content (AvgIpc) is 3.48. The average molecular weight is 633 g/mol. The van der Waals surface area contributed by atoms with Crippen LogP contribution in [-0.2, 0) is 10.0 Å². The van der Waals surface area contributed by atoms with Gasteiger partial charge in [-0.15, -0.1) is 0 Å². The van der Waals surface area contributed by atoms with Crippen molar-refractivity contribution in [1.29, 1.82) is 0 Å². The third-order valence-corrected chi connectivity index (χ3v) is 9.55. The summed E-state index contributed by atoms with van der Waals surface area (Å²) < 4.78 is 64.8. The first-order valence-corrected chi connectivity index (χ1v) is 15.5. The lowest BCUT2D eigenvalue weighted by Crippen LogP contribution is -2.38. The highest BCUT2D eigenvalue weighted by atomic mass is 32.2. The van der Waals surface area contributed by atoms with Crippen molar-refractivity contribution in [3.63, 3.8) is 0 Å². The Balaban J connectivity index is 1.86. The third kappa shape index (κ3) is 5.83. The summed E-state index contributed by atoms with van der Waals surface area (Å²) >= 11 is 0. The van der Waals surface area contributed by atoms with Gasteiger partial charge in [0.25, 0.3) is 10.0 Å². The molecular weight excluding hydrogens is 596 g/mol. The van der Waals surface area contributed by atoms with Gasteiger partial charge in [0, 0.05) is 29.3 Å². The van der Waals surface area contributed by atoms with Gasteiger partial charge < -0.3 is 28.4 Å². The van der Waals surface area contributed by atoms with E-state index in [0.29, 0.717) is 51.2 Å². The lowest BCUT2D eigenvalue weighted by Gasteiger charge is -2.32. The maximum atomic E-state index is 14.9.